The van der Waals surface area contributed by atoms with Crippen LogP contribution in [0.3, 0.4) is 0 Å². The molecule has 5 rings (SSSR count). The normalized spacial score (nSPS) is 19.4. The molecule has 7 nitrogen and oxygen atoms in total. The van der Waals surface area contributed by atoms with E-state index in [1.807, 2.05) is 24.3 Å². The van der Waals surface area contributed by atoms with E-state index in [-0.39, 0.29) is 25.0 Å². The molecule has 0 heterocycles. The van der Waals surface area contributed by atoms with Crippen molar-refractivity contribution in [3.05, 3.63) is 59.7 Å². The highest BCUT2D eigenvalue weighted by molar-refractivity contribution is 5.92. The van der Waals surface area contributed by atoms with Crippen molar-refractivity contribution in [2.75, 3.05) is 13.2 Å². The van der Waals surface area contributed by atoms with Crippen molar-refractivity contribution in [3.8, 4) is 11.1 Å². The zero-order chi connectivity index (χ0) is 23.8. The fourth-order valence-corrected chi connectivity index (χ4v) is 5.47. The van der Waals surface area contributed by atoms with Gasteiger partial charge in [0.25, 0.3) is 0 Å². The Bertz CT molecular complexity index is 1070. The van der Waals surface area contributed by atoms with E-state index in [4.69, 9.17) is 4.74 Å². The third-order valence-corrected chi connectivity index (χ3v) is 7.72. The number of ether oxygens (including phenoxy) is 1. The summed E-state index contributed by atoms with van der Waals surface area (Å²) in [5.41, 5.74) is 2.68. The largest absolute Gasteiger partial charge is 0.480 e. The topological polar surface area (TPSA) is 105 Å². The molecule has 2 aromatic carbocycles. The van der Waals surface area contributed by atoms with Crippen LogP contribution in [0.1, 0.15) is 62.0 Å². The molecular weight excluding hydrogens is 432 g/mol. The van der Waals surface area contributed by atoms with Gasteiger partial charge in [0.2, 0.25) is 5.91 Å². The van der Waals surface area contributed by atoms with E-state index in [2.05, 4.69) is 34.9 Å². The standard InChI is InChI=1S/C27H30N2O5/c30-23(29-27(14-15-27)24(31)32)26(12-6-1-7-13-26)17-28-25(33)34-16-22-20-10-4-2-8-18(20)19-9-3-5-11-21(19)22/h2-5,8-11,22H,1,6-7,12-17H2,(H,28,33)(H,29,30)(H,31,32). The van der Waals surface area contributed by atoms with Gasteiger partial charge in [-0.15, -0.1) is 0 Å². The monoisotopic (exact) mass is 462 g/mol. The Morgan fingerprint density at radius 3 is 2.03 bits per heavy atom. The second-order valence-corrected chi connectivity index (χ2v) is 9.86. The first-order valence-electron chi connectivity index (χ1n) is 12.1. The number of rotatable bonds is 7. The first-order chi connectivity index (χ1) is 16.4. The lowest BCUT2D eigenvalue weighted by Crippen LogP contribution is -2.54. The maximum absolute atomic E-state index is 13.2. The fraction of sp³-hybridized carbons (Fsp3) is 0.444. The molecule has 0 unspecified atom stereocenters. The van der Waals surface area contributed by atoms with E-state index < -0.39 is 23.0 Å². The number of carboxylic acids is 1. The molecule has 0 spiro atoms. The Labute approximate surface area is 198 Å². The van der Waals surface area contributed by atoms with E-state index >= 15 is 0 Å². The van der Waals surface area contributed by atoms with Gasteiger partial charge in [0, 0.05) is 12.5 Å². The van der Waals surface area contributed by atoms with Crippen LogP contribution in [0.4, 0.5) is 4.79 Å². The third kappa shape index (κ3) is 4.04. The number of benzene rings is 2. The van der Waals surface area contributed by atoms with Gasteiger partial charge < -0.3 is 20.5 Å². The van der Waals surface area contributed by atoms with Crippen LogP contribution in [0.15, 0.2) is 48.5 Å². The van der Waals surface area contributed by atoms with Crippen molar-refractivity contribution < 1.29 is 24.2 Å². The molecule has 7 heteroatoms. The lowest BCUT2D eigenvalue weighted by molar-refractivity contribution is -0.145. The lowest BCUT2D eigenvalue weighted by Gasteiger charge is -2.36. The molecule has 0 saturated heterocycles. The average Bonchev–Trinajstić information content (AvgIpc) is 3.58. The Balaban J connectivity index is 1.23. The SMILES string of the molecule is O=C(NCC1(C(=O)NC2(C(=O)O)CC2)CCCCC1)OCC1c2ccccc2-c2ccccc21. The summed E-state index contributed by atoms with van der Waals surface area (Å²) in [5.74, 6) is -1.29. The summed E-state index contributed by atoms with van der Waals surface area (Å²) in [6, 6.07) is 16.3. The maximum atomic E-state index is 13.2. The van der Waals surface area contributed by atoms with Crippen LogP contribution in [-0.2, 0) is 14.3 Å². The number of fused-ring (bicyclic) bond motifs is 3. The smallest absolute Gasteiger partial charge is 0.407 e. The Hall–Kier alpha value is -3.35. The Morgan fingerprint density at radius 2 is 1.47 bits per heavy atom. The number of hydrogen-bond donors (Lipinski definition) is 3. The van der Waals surface area contributed by atoms with Crippen molar-refractivity contribution in [2.24, 2.45) is 5.41 Å². The van der Waals surface area contributed by atoms with E-state index in [9.17, 15) is 19.5 Å². The van der Waals surface area contributed by atoms with E-state index in [0.29, 0.717) is 25.7 Å². The van der Waals surface area contributed by atoms with E-state index in [1.54, 1.807) is 0 Å². The number of nitrogens with one attached hydrogen (secondary N) is 2. The molecule has 34 heavy (non-hydrogen) atoms. The van der Waals surface area contributed by atoms with Gasteiger partial charge in [0.05, 0.1) is 5.41 Å². The Morgan fingerprint density at radius 1 is 0.882 bits per heavy atom. The number of carbonyl (C=O) groups is 3. The highest BCUT2D eigenvalue weighted by Gasteiger charge is 2.54. The molecule has 3 aliphatic rings. The molecule has 2 saturated carbocycles. The minimum absolute atomic E-state index is 0.0321. The van der Waals surface area contributed by atoms with E-state index in [0.717, 1.165) is 41.5 Å². The van der Waals surface area contributed by atoms with Crippen molar-refractivity contribution in [2.45, 2.75) is 56.4 Å². The summed E-state index contributed by atoms with van der Waals surface area (Å²) < 4.78 is 5.63. The van der Waals surface area contributed by atoms with Crippen LogP contribution in [0.5, 0.6) is 0 Å². The molecule has 178 valence electrons. The number of carbonyl (C=O) groups excluding carboxylic acids is 2. The Kier molecular flexibility index (Phi) is 5.80. The van der Waals surface area contributed by atoms with Gasteiger partial charge in [-0.1, -0.05) is 67.8 Å². The lowest BCUT2D eigenvalue weighted by atomic mass is 9.73. The summed E-state index contributed by atoms with van der Waals surface area (Å²) >= 11 is 0. The number of aliphatic carboxylic acids is 1. The van der Waals surface area contributed by atoms with E-state index in [1.165, 1.54) is 0 Å². The quantitative estimate of drug-likeness (QED) is 0.572. The number of amides is 2. The van der Waals surface area contributed by atoms with Gasteiger partial charge in [-0.25, -0.2) is 9.59 Å². The van der Waals surface area contributed by atoms with Crippen molar-refractivity contribution in [1.29, 1.82) is 0 Å². The maximum Gasteiger partial charge on any atom is 0.407 e. The second-order valence-electron chi connectivity index (χ2n) is 9.86. The van der Waals surface area contributed by atoms with Crippen LogP contribution in [-0.4, -0.2) is 41.8 Å². The van der Waals surface area contributed by atoms with Crippen LogP contribution in [0.2, 0.25) is 0 Å². The highest BCUT2D eigenvalue weighted by Crippen LogP contribution is 2.44. The van der Waals surface area contributed by atoms with Crippen molar-refractivity contribution in [3.63, 3.8) is 0 Å². The summed E-state index contributed by atoms with van der Waals surface area (Å²) in [4.78, 5) is 37.4. The summed E-state index contributed by atoms with van der Waals surface area (Å²) in [7, 11) is 0. The van der Waals surface area contributed by atoms with Crippen LogP contribution in [0, 0.1) is 5.41 Å². The van der Waals surface area contributed by atoms with Crippen LogP contribution >= 0.6 is 0 Å². The molecule has 0 radical (unpaired) electrons. The molecule has 2 amide bonds. The average molecular weight is 463 g/mol. The van der Waals surface area contributed by atoms with Crippen molar-refractivity contribution >= 4 is 18.0 Å². The first-order valence-corrected chi connectivity index (χ1v) is 12.1. The molecule has 0 atom stereocenters. The fourth-order valence-electron chi connectivity index (χ4n) is 5.47. The molecule has 0 bridgehead atoms. The van der Waals surface area contributed by atoms with Gasteiger partial charge in [-0.05, 0) is 47.9 Å². The highest BCUT2D eigenvalue weighted by atomic mass is 16.5. The van der Waals surface area contributed by atoms with Gasteiger partial charge in [0.1, 0.15) is 12.1 Å². The third-order valence-electron chi connectivity index (χ3n) is 7.72. The molecule has 0 aliphatic heterocycles. The van der Waals surface area contributed by atoms with Crippen LogP contribution in [0.25, 0.3) is 11.1 Å². The predicted molar refractivity (Wildman–Crippen MR) is 126 cm³/mol. The first kappa shape index (κ1) is 22.4. The molecule has 3 aliphatic carbocycles. The molecule has 3 N–H and O–H groups in total. The number of hydrogen-bond acceptors (Lipinski definition) is 4. The molecule has 2 fully saturated rings. The van der Waals surface area contributed by atoms with Gasteiger partial charge in [-0.2, -0.15) is 0 Å². The summed E-state index contributed by atoms with van der Waals surface area (Å²) in [6.07, 6.45) is 4.37. The van der Waals surface area contributed by atoms with Gasteiger partial charge in [-0.3, -0.25) is 4.79 Å². The van der Waals surface area contributed by atoms with Crippen molar-refractivity contribution in [1.82, 2.24) is 10.6 Å². The second kappa shape index (κ2) is 8.78. The minimum Gasteiger partial charge on any atom is -0.480 e. The molecular formula is C27H30N2O5. The summed E-state index contributed by atoms with van der Waals surface area (Å²) in [5, 5.41) is 15.0. The zero-order valence-corrected chi connectivity index (χ0v) is 19.1. The minimum atomic E-state index is -1.13. The molecule has 2 aromatic rings. The molecule has 0 aromatic heterocycles. The predicted octanol–water partition coefficient (Wildman–Crippen LogP) is 4.21. The summed E-state index contributed by atoms with van der Waals surface area (Å²) in [6.45, 7) is 0.354. The van der Waals surface area contributed by atoms with Gasteiger partial charge >= 0.3 is 12.1 Å². The van der Waals surface area contributed by atoms with Crippen LogP contribution < -0.4 is 10.6 Å². The van der Waals surface area contributed by atoms with Gasteiger partial charge in [0.15, 0.2) is 0 Å². The number of carboxylic acid groups (broad SMARTS) is 1. The number of alkyl carbamates (subject to hydrolysis) is 1. The zero-order valence-electron chi connectivity index (χ0n) is 19.1.